The van der Waals surface area contributed by atoms with Gasteiger partial charge in [0.25, 0.3) is 0 Å². The van der Waals surface area contributed by atoms with Crippen molar-refractivity contribution in [2.45, 2.75) is 37.5 Å². The third-order valence-electron chi connectivity index (χ3n) is 4.11. The number of benzene rings is 1. The first kappa shape index (κ1) is 12.4. The van der Waals surface area contributed by atoms with Crippen LogP contribution in [-0.2, 0) is 6.42 Å². The second-order valence-electron chi connectivity index (χ2n) is 6.09. The largest absolute Gasteiger partial charge is 0.399 e. The van der Waals surface area contributed by atoms with Crippen molar-refractivity contribution in [3.05, 3.63) is 29.3 Å². The highest BCUT2D eigenvalue weighted by Crippen LogP contribution is 2.40. The number of hydrogen-bond donors (Lipinski definition) is 1. The Morgan fingerprint density at radius 2 is 2.22 bits per heavy atom. The molecule has 1 aromatic carbocycles. The zero-order chi connectivity index (χ0) is 12.8. The van der Waals surface area contributed by atoms with E-state index < -0.39 is 0 Å². The molecule has 98 valence electrons. The van der Waals surface area contributed by atoms with Gasteiger partial charge in [-0.05, 0) is 49.9 Å². The number of anilines is 1. The minimum absolute atomic E-state index is 0.398. The molecule has 1 unspecified atom stereocenters. The molecule has 1 heterocycles. The van der Waals surface area contributed by atoms with E-state index in [2.05, 4.69) is 48.7 Å². The Kier molecular flexibility index (Phi) is 3.07. The van der Waals surface area contributed by atoms with E-state index in [0.29, 0.717) is 10.8 Å². The predicted molar refractivity (Wildman–Crippen MR) is 80.0 cm³/mol. The van der Waals surface area contributed by atoms with Crippen molar-refractivity contribution in [3.8, 4) is 0 Å². The average Bonchev–Trinajstić information content (AvgIpc) is 2.70. The molecule has 0 bridgehead atoms. The fourth-order valence-electron chi connectivity index (χ4n) is 3.31. The number of thioether (sulfide) groups is 1. The Hall–Kier alpha value is -0.670. The minimum atomic E-state index is 0.398. The van der Waals surface area contributed by atoms with Gasteiger partial charge in [0.05, 0.1) is 0 Å². The lowest BCUT2D eigenvalue weighted by Crippen LogP contribution is -2.44. The molecule has 0 amide bonds. The molecule has 3 rings (SSSR count). The van der Waals surface area contributed by atoms with Gasteiger partial charge in [0.15, 0.2) is 0 Å². The van der Waals surface area contributed by atoms with Gasteiger partial charge in [-0.2, -0.15) is 11.8 Å². The van der Waals surface area contributed by atoms with Crippen molar-refractivity contribution < 1.29 is 0 Å². The molecule has 1 aliphatic carbocycles. The van der Waals surface area contributed by atoms with E-state index in [1.165, 1.54) is 42.8 Å². The smallest absolute Gasteiger partial charge is 0.0354 e. The third-order valence-corrected chi connectivity index (χ3v) is 5.41. The summed E-state index contributed by atoms with van der Waals surface area (Å²) >= 11 is 2.10. The van der Waals surface area contributed by atoms with Crippen LogP contribution in [0.5, 0.6) is 0 Å². The molecule has 1 atom stereocenters. The van der Waals surface area contributed by atoms with E-state index in [1.54, 1.807) is 0 Å². The van der Waals surface area contributed by atoms with Gasteiger partial charge in [0.2, 0.25) is 0 Å². The monoisotopic (exact) mass is 262 g/mol. The van der Waals surface area contributed by atoms with Crippen molar-refractivity contribution in [2.75, 3.05) is 24.6 Å². The van der Waals surface area contributed by atoms with Gasteiger partial charge in [-0.1, -0.05) is 6.07 Å². The highest BCUT2D eigenvalue weighted by molar-refractivity contribution is 8.00. The molecule has 1 saturated heterocycles. The van der Waals surface area contributed by atoms with Crippen LogP contribution in [0, 0.1) is 0 Å². The quantitative estimate of drug-likeness (QED) is 0.789. The highest BCUT2D eigenvalue weighted by Gasteiger charge is 2.34. The van der Waals surface area contributed by atoms with E-state index in [9.17, 15) is 0 Å². The maximum atomic E-state index is 5.88. The second kappa shape index (κ2) is 4.46. The third kappa shape index (κ3) is 2.26. The van der Waals surface area contributed by atoms with Crippen molar-refractivity contribution >= 4 is 17.4 Å². The van der Waals surface area contributed by atoms with Crippen LogP contribution >= 0.6 is 11.8 Å². The Labute approximate surface area is 114 Å². The SMILES string of the molecule is CC1(C)CN(C2CCc3cc(N)ccc32)CCS1. The normalized spacial score (nSPS) is 27.1. The molecular weight excluding hydrogens is 240 g/mol. The minimum Gasteiger partial charge on any atom is -0.399 e. The number of nitrogens with zero attached hydrogens (tertiary/aromatic N) is 1. The van der Waals surface area contributed by atoms with E-state index >= 15 is 0 Å². The zero-order valence-electron chi connectivity index (χ0n) is 11.3. The molecule has 3 heteroatoms. The van der Waals surface area contributed by atoms with Crippen LogP contribution in [0.4, 0.5) is 5.69 Å². The zero-order valence-corrected chi connectivity index (χ0v) is 12.1. The summed E-state index contributed by atoms with van der Waals surface area (Å²) in [6, 6.07) is 7.10. The van der Waals surface area contributed by atoms with Crippen LogP contribution in [0.15, 0.2) is 18.2 Å². The first-order valence-electron chi connectivity index (χ1n) is 6.81. The van der Waals surface area contributed by atoms with Crippen LogP contribution in [0.25, 0.3) is 0 Å². The molecule has 2 nitrogen and oxygen atoms in total. The molecule has 0 saturated carbocycles. The molecular formula is C15H22N2S. The summed E-state index contributed by atoms with van der Waals surface area (Å²) in [5.41, 5.74) is 9.78. The maximum Gasteiger partial charge on any atom is 0.0354 e. The molecule has 0 radical (unpaired) electrons. The number of rotatable bonds is 1. The van der Waals surface area contributed by atoms with Gasteiger partial charge in [0.1, 0.15) is 0 Å². The van der Waals surface area contributed by atoms with Crippen molar-refractivity contribution in [1.82, 2.24) is 4.90 Å². The Bertz CT molecular complexity index is 456. The summed E-state index contributed by atoms with van der Waals surface area (Å²) in [5.74, 6) is 1.26. The van der Waals surface area contributed by atoms with E-state index in [0.717, 1.165) is 5.69 Å². The van der Waals surface area contributed by atoms with Crippen LogP contribution < -0.4 is 5.73 Å². The van der Waals surface area contributed by atoms with Gasteiger partial charge >= 0.3 is 0 Å². The maximum absolute atomic E-state index is 5.88. The summed E-state index contributed by atoms with van der Waals surface area (Å²) in [4.78, 5) is 2.68. The summed E-state index contributed by atoms with van der Waals surface area (Å²) in [6.45, 7) is 7.15. The Morgan fingerprint density at radius 3 is 3.00 bits per heavy atom. The van der Waals surface area contributed by atoms with Gasteiger partial charge < -0.3 is 5.73 Å². The molecule has 2 aliphatic rings. The number of fused-ring (bicyclic) bond motifs is 1. The number of hydrogen-bond acceptors (Lipinski definition) is 3. The lowest BCUT2D eigenvalue weighted by atomic mass is 10.0. The number of nitrogen functional groups attached to an aromatic ring is 1. The van der Waals surface area contributed by atoms with Crippen LogP contribution in [0.3, 0.4) is 0 Å². The first-order chi connectivity index (χ1) is 8.55. The topological polar surface area (TPSA) is 29.3 Å². The fourth-order valence-corrected chi connectivity index (χ4v) is 4.45. The van der Waals surface area contributed by atoms with E-state index in [1.807, 2.05) is 0 Å². The van der Waals surface area contributed by atoms with Gasteiger partial charge in [-0.15, -0.1) is 0 Å². The van der Waals surface area contributed by atoms with Gasteiger partial charge in [-0.3, -0.25) is 4.90 Å². The van der Waals surface area contributed by atoms with Crippen molar-refractivity contribution in [2.24, 2.45) is 0 Å². The van der Waals surface area contributed by atoms with Gasteiger partial charge in [0, 0.05) is 35.3 Å². The molecule has 1 fully saturated rings. The lowest BCUT2D eigenvalue weighted by Gasteiger charge is -2.41. The molecule has 0 spiro atoms. The Morgan fingerprint density at radius 1 is 1.39 bits per heavy atom. The first-order valence-corrected chi connectivity index (χ1v) is 7.80. The number of aryl methyl sites for hydroxylation is 1. The molecule has 1 aromatic rings. The molecule has 18 heavy (non-hydrogen) atoms. The van der Waals surface area contributed by atoms with Crippen LogP contribution in [0.1, 0.15) is 37.4 Å². The van der Waals surface area contributed by atoms with Crippen molar-refractivity contribution in [1.29, 1.82) is 0 Å². The standard InChI is InChI=1S/C15H22N2S/c1-15(2)10-17(7-8-18-15)14-6-3-11-9-12(16)4-5-13(11)14/h4-5,9,14H,3,6-8,10,16H2,1-2H3. The van der Waals surface area contributed by atoms with Gasteiger partial charge in [-0.25, -0.2) is 0 Å². The lowest BCUT2D eigenvalue weighted by molar-refractivity contribution is 0.187. The fraction of sp³-hybridized carbons (Fsp3) is 0.600. The second-order valence-corrected chi connectivity index (χ2v) is 7.89. The van der Waals surface area contributed by atoms with E-state index in [4.69, 9.17) is 5.73 Å². The van der Waals surface area contributed by atoms with Crippen molar-refractivity contribution in [3.63, 3.8) is 0 Å². The van der Waals surface area contributed by atoms with E-state index in [-0.39, 0.29) is 0 Å². The Balaban J connectivity index is 1.83. The predicted octanol–water partition coefficient (Wildman–Crippen LogP) is 3.08. The highest BCUT2D eigenvalue weighted by atomic mass is 32.2. The molecule has 0 aromatic heterocycles. The summed E-state index contributed by atoms with van der Waals surface area (Å²) < 4.78 is 0.398. The molecule has 2 N–H and O–H groups in total. The average molecular weight is 262 g/mol. The summed E-state index contributed by atoms with van der Waals surface area (Å²) in [5, 5.41) is 0. The van der Waals surface area contributed by atoms with Crippen LogP contribution in [-0.4, -0.2) is 28.5 Å². The summed E-state index contributed by atoms with van der Waals surface area (Å²) in [6.07, 6.45) is 2.45. The number of nitrogens with two attached hydrogens (primary N) is 1. The summed E-state index contributed by atoms with van der Waals surface area (Å²) in [7, 11) is 0. The molecule has 1 aliphatic heterocycles. The van der Waals surface area contributed by atoms with Crippen LogP contribution in [0.2, 0.25) is 0 Å².